The smallest absolute Gasteiger partial charge is 0.341 e. The number of hydrogen-bond donors (Lipinski definition) is 1. The van der Waals surface area contributed by atoms with Crippen molar-refractivity contribution in [2.45, 2.75) is 36.6 Å². The fraction of sp³-hybridized carbons (Fsp3) is 0.385. The Labute approximate surface area is 224 Å². The highest BCUT2D eigenvalue weighted by Gasteiger charge is 2.34. The van der Waals surface area contributed by atoms with Crippen molar-refractivity contribution in [2.75, 3.05) is 32.1 Å². The normalized spacial score (nSPS) is 17.3. The Morgan fingerprint density at radius 1 is 1.08 bits per heavy atom. The number of rotatable bonds is 7. The van der Waals surface area contributed by atoms with Crippen molar-refractivity contribution in [1.82, 2.24) is 9.21 Å². The van der Waals surface area contributed by atoms with Crippen molar-refractivity contribution >= 4 is 49.6 Å². The van der Waals surface area contributed by atoms with Crippen LogP contribution in [0.15, 0.2) is 52.1 Å². The number of esters is 1. The number of hydrogen-bond acceptors (Lipinski definition) is 8. The van der Waals surface area contributed by atoms with Crippen LogP contribution in [-0.2, 0) is 39.1 Å². The van der Waals surface area contributed by atoms with E-state index in [9.17, 15) is 18.0 Å². The number of methoxy groups -OCH3 is 1. The lowest BCUT2D eigenvalue weighted by atomic mass is 9.97. The Balaban J connectivity index is 1.27. The van der Waals surface area contributed by atoms with Gasteiger partial charge >= 0.3 is 5.97 Å². The molecule has 2 aromatic heterocycles. The Kier molecular flexibility index (Phi) is 7.77. The summed E-state index contributed by atoms with van der Waals surface area (Å²) < 4.78 is 32.5. The first-order chi connectivity index (χ1) is 17.9. The fourth-order valence-corrected chi connectivity index (χ4v) is 8.84. The summed E-state index contributed by atoms with van der Waals surface area (Å²) in [6.07, 6.45) is 1.57. The summed E-state index contributed by atoms with van der Waals surface area (Å²) in [6.45, 7) is 2.91. The molecule has 1 aromatic carbocycles. The number of benzene rings is 1. The molecule has 1 fully saturated rings. The second kappa shape index (κ2) is 11.0. The van der Waals surface area contributed by atoms with Crippen molar-refractivity contribution in [3.05, 3.63) is 69.4 Å². The van der Waals surface area contributed by atoms with Gasteiger partial charge in [-0.2, -0.15) is 4.31 Å². The molecule has 0 bridgehead atoms. The molecule has 196 valence electrons. The number of ether oxygens (including phenoxy) is 1. The first kappa shape index (κ1) is 26.1. The van der Waals surface area contributed by atoms with Crippen LogP contribution in [0.5, 0.6) is 0 Å². The molecule has 0 spiro atoms. The van der Waals surface area contributed by atoms with Gasteiger partial charge in [0.1, 0.15) is 9.21 Å². The Bertz CT molecular complexity index is 1360. The van der Waals surface area contributed by atoms with E-state index in [0.717, 1.165) is 23.5 Å². The molecule has 0 unspecified atom stereocenters. The molecule has 0 saturated carbocycles. The van der Waals surface area contributed by atoms with Gasteiger partial charge in [0.05, 0.1) is 12.7 Å². The van der Waals surface area contributed by atoms with Gasteiger partial charge in [-0.05, 0) is 41.8 Å². The van der Waals surface area contributed by atoms with E-state index in [1.807, 2.05) is 18.2 Å². The van der Waals surface area contributed by atoms with E-state index in [4.69, 9.17) is 4.74 Å². The first-order valence-electron chi connectivity index (χ1n) is 12.2. The second-order valence-electron chi connectivity index (χ2n) is 9.25. The lowest BCUT2D eigenvalue weighted by molar-refractivity contribution is -0.120. The van der Waals surface area contributed by atoms with Gasteiger partial charge in [-0.1, -0.05) is 36.4 Å². The number of piperidine rings is 1. The molecule has 0 radical (unpaired) electrons. The number of sulfonamides is 1. The Hall–Kier alpha value is -2.57. The molecule has 0 atom stereocenters. The summed E-state index contributed by atoms with van der Waals surface area (Å²) in [5.41, 5.74) is 2.64. The average Bonchev–Trinajstić information content (AvgIpc) is 3.57. The largest absolute Gasteiger partial charge is 0.465 e. The van der Waals surface area contributed by atoms with Gasteiger partial charge in [-0.3, -0.25) is 9.69 Å². The van der Waals surface area contributed by atoms with E-state index < -0.39 is 16.0 Å². The summed E-state index contributed by atoms with van der Waals surface area (Å²) in [7, 11) is -2.17. The number of nitrogens with zero attached hydrogens (tertiary/aromatic N) is 2. The first-order valence-corrected chi connectivity index (χ1v) is 15.3. The van der Waals surface area contributed by atoms with Crippen LogP contribution in [0.25, 0.3) is 0 Å². The molecule has 3 aromatic rings. The number of amides is 1. The molecule has 5 rings (SSSR count). The van der Waals surface area contributed by atoms with Gasteiger partial charge in [0.2, 0.25) is 5.91 Å². The summed E-state index contributed by atoms with van der Waals surface area (Å²) in [5, 5.41) is 5.26. The van der Waals surface area contributed by atoms with Crippen LogP contribution in [0.3, 0.4) is 0 Å². The Morgan fingerprint density at radius 2 is 1.84 bits per heavy atom. The second-order valence-corrected chi connectivity index (χ2v) is 13.5. The fourth-order valence-electron chi connectivity index (χ4n) is 4.95. The minimum absolute atomic E-state index is 0.182. The van der Waals surface area contributed by atoms with E-state index in [1.54, 1.807) is 17.5 Å². The van der Waals surface area contributed by atoms with Gasteiger partial charge < -0.3 is 10.1 Å². The maximum absolute atomic E-state index is 13.2. The van der Waals surface area contributed by atoms with E-state index in [1.165, 1.54) is 39.7 Å². The van der Waals surface area contributed by atoms with Crippen LogP contribution >= 0.6 is 22.7 Å². The predicted octanol–water partition coefficient (Wildman–Crippen LogP) is 4.19. The summed E-state index contributed by atoms with van der Waals surface area (Å²) in [6, 6.07) is 13.6. The number of nitrogens with one attached hydrogen (secondary N) is 1. The lowest BCUT2D eigenvalue weighted by Gasteiger charge is -2.30. The minimum Gasteiger partial charge on any atom is -0.465 e. The zero-order chi connectivity index (χ0) is 26.0. The maximum atomic E-state index is 13.2. The van der Waals surface area contributed by atoms with Gasteiger partial charge in [0, 0.05) is 43.5 Å². The molecule has 2 aliphatic heterocycles. The van der Waals surface area contributed by atoms with Crippen LogP contribution in [-0.4, -0.2) is 56.2 Å². The van der Waals surface area contributed by atoms with Crippen LogP contribution in [0.1, 0.15) is 39.2 Å². The van der Waals surface area contributed by atoms with Crippen molar-refractivity contribution in [3.8, 4) is 0 Å². The quantitative estimate of drug-likeness (QED) is 0.436. The monoisotopic (exact) mass is 559 g/mol. The zero-order valence-electron chi connectivity index (χ0n) is 20.5. The molecule has 1 N–H and O–H groups in total. The third-order valence-corrected chi connectivity index (χ3v) is 11.3. The summed E-state index contributed by atoms with van der Waals surface area (Å²) >= 11 is 2.63. The maximum Gasteiger partial charge on any atom is 0.341 e. The summed E-state index contributed by atoms with van der Waals surface area (Å²) in [5.74, 6) is -0.951. The molecule has 11 heteroatoms. The number of carbonyl (C=O) groups is 2. The molecule has 8 nitrogen and oxygen atoms in total. The Morgan fingerprint density at radius 3 is 2.51 bits per heavy atom. The molecular weight excluding hydrogens is 531 g/mol. The number of fused-ring (bicyclic) bond motifs is 1. The standard InChI is InChI=1S/C26H29N3O5S3/c1-34-26(31)23-20-11-12-28(16-18-6-3-2-4-7-18)17-21(20)36-25(23)27-24(30)19-9-13-29(14-10-19)37(32,33)22-8-5-15-35-22/h2-8,15,19H,9-14,16-17H2,1H3,(H,27,30). The third kappa shape index (κ3) is 5.51. The van der Waals surface area contributed by atoms with E-state index >= 15 is 0 Å². The summed E-state index contributed by atoms with van der Waals surface area (Å²) in [4.78, 5) is 29.3. The average molecular weight is 560 g/mol. The number of anilines is 1. The highest BCUT2D eigenvalue weighted by molar-refractivity contribution is 7.91. The van der Waals surface area contributed by atoms with Gasteiger partial charge in [0.25, 0.3) is 10.0 Å². The molecule has 0 aliphatic carbocycles. The molecular formula is C26H29N3O5S3. The van der Waals surface area contributed by atoms with E-state index in [0.29, 0.717) is 40.6 Å². The molecule has 37 heavy (non-hydrogen) atoms. The van der Waals surface area contributed by atoms with Crippen LogP contribution < -0.4 is 5.32 Å². The zero-order valence-corrected chi connectivity index (χ0v) is 23.0. The number of thiophene rings is 2. The highest BCUT2D eigenvalue weighted by Crippen LogP contribution is 2.38. The predicted molar refractivity (Wildman–Crippen MR) is 144 cm³/mol. The van der Waals surface area contributed by atoms with Crippen molar-refractivity contribution in [2.24, 2.45) is 5.92 Å². The van der Waals surface area contributed by atoms with Crippen LogP contribution in [0.4, 0.5) is 5.00 Å². The van der Waals surface area contributed by atoms with E-state index in [2.05, 4.69) is 22.3 Å². The van der Waals surface area contributed by atoms with Gasteiger partial charge in [0.15, 0.2) is 0 Å². The minimum atomic E-state index is -3.52. The molecule has 4 heterocycles. The van der Waals surface area contributed by atoms with Gasteiger partial charge in [-0.15, -0.1) is 22.7 Å². The van der Waals surface area contributed by atoms with Crippen LogP contribution in [0, 0.1) is 5.92 Å². The third-order valence-electron chi connectivity index (χ3n) is 6.93. The van der Waals surface area contributed by atoms with Crippen LogP contribution in [0.2, 0.25) is 0 Å². The molecule has 2 aliphatic rings. The van der Waals surface area contributed by atoms with Crippen molar-refractivity contribution in [1.29, 1.82) is 0 Å². The van der Waals surface area contributed by atoms with E-state index in [-0.39, 0.29) is 24.9 Å². The van der Waals surface area contributed by atoms with Gasteiger partial charge in [-0.25, -0.2) is 13.2 Å². The highest BCUT2D eigenvalue weighted by atomic mass is 32.2. The molecule has 1 saturated heterocycles. The van der Waals surface area contributed by atoms with Crippen molar-refractivity contribution < 1.29 is 22.7 Å². The van der Waals surface area contributed by atoms with Crippen molar-refractivity contribution in [3.63, 3.8) is 0 Å². The topological polar surface area (TPSA) is 96.0 Å². The number of carbonyl (C=O) groups excluding carboxylic acids is 2. The lowest BCUT2D eigenvalue weighted by Crippen LogP contribution is -2.41. The SMILES string of the molecule is COC(=O)c1c(NC(=O)C2CCN(S(=O)(=O)c3cccs3)CC2)sc2c1CCN(Cc1ccccc1)C2. The molecule has 1 amide bonds.